The molecule has 0 aromatic heterocycles. The quantitative estimate of drug-likeness (QED) is 0.464. The lowest BCUT2D eigenvalue weighted by Crippen LogP contribution is -2.20. The van der Waals surface area contributed by atoms with E-state index in [4.69, 9.17) is 27.9 Å². The van der Waals surface area contributed by atoms with E-state index in [0.717, 1.165) is 22.4 Å². The summed E-state index contributed by atoms with van der Waals surface area (Å²) in [7, 11) is 0. The van der Waals surface area contributed by atoms with Crippen molar-refractivity contribution in [3.8, 4) is 5.75 Å². The fraction of sp³-hybridized carbons (Fsp3) is 0.130. The molecule has 0 aliphatic rings. The molecule has 0 atom stereocenters. The van der Waals surface area contributed by atoms with Crippen LogP contribution < -0.4 is 10.1 Å². The summed E-state index contributed by atoms with van der Waals surface area (Å²) in [6.07, 6.45) is 1.76. The molecule has 29 heavy (non-hydrogen) atoms. The molecule has 1 amide bonds. The van der Waals surface area contributed by atoms with E-state index < -0.39 is 0 Å². The highest BCUT2D eigenvalue weighted by Crippen LogP contribution is 2.23. The van der Waals surface area contributed by atoms with Crippen molar-refractivity contribution >= 4 is 46.7 Å². The van der Waals surface area contributed by atoms with Gasteiger partial charge in [-0.3, -0.25) is 9.79 Å². The fourth-order valence-corrected chi connectivity index (χ4v) is 2.88. The van der Waals surface area contributed by atoms with Crippen LogP contribution in [0.5, 0.6) is 5.75 Å². The van der Waals surface area contributed by atoms with E-state index in [-0.39, 0.29) is 12.5 Å². The van der Waals surface area contributed by atoms with E-state index in [2.05, 4.69) is 10.3 Å². The van der Waals surface area contributed by atoms with Gasteiger partial charge in [-0.15, -0.1) is 0 Å². The van der Waals surface area contributed by atoms with Crippen molar-refractivity contribution in [2.45, 2.75) is 13.8 Å². The van der Waals surface area contributed by atoms with E-state index in [1.165, 1.54) is 0 Å². The van der Waals surface area contributed by atoms with E-state index in [1.807, 2.05) is 50.2 Å². The summed E-state index contributed by atoms with van der Waals surface area (Å²) >= 11 is 12.1. The van der Waals surface area contributed by atoms with Crippen LogP contribution in [0, 0.1) is 13.8 Å². The number of carbonyl (C=O) groups excluding carboxylic acids is 1. The number of anilines is 1. The molecule has 1 N–H and O–H groups in total. The number of benzene rings is 3. The van der Waals surface area contributed by atoms with Gasteiger partial charge in [0.1, 0.15) is 5.75 Å². The van der Waals surface area contributed by atoms with Gasteiger partial charge >= 0.3 is 0 Å². The van der Waals surface area contributed by atoms with E-state index in [0.29, 0.717) is 21.5 Å². The van der Waals surface area contributed by atoms with Crippen LogP contribution in [0.1, 0.15) is 16.7 Å². The number of carbonyl (C=O) groups is 1. The zero-order chi connectivity index (χ0) is 20.8. The molecule has 0 fully saturated rings. The second kappa shape index (κ2) is 9.59. The van der Waals surface area contributed by atoms with Gasteiger partial charge in [0.15, 0.2) is 6.61 Å². The molecule has 6 heteroatoms. The first-order chi connectivity index (χ1) is 13.9. The van der Waals surface area contributed by atoms with Gasteiger partial charge in [0.05, 0.1) is 5.69 Å². The topological polar surface area (TPSA) is 50.7 Å². The van der Waals surface area contributed by atoms with Crippen LogP contribution in [0.4, 0.5) is 11.4 Å². The van der Waals surface area contributed by atoms with Crippen LogP contribution in [0.3, 0.4) is 0 Å². The minimum absolute atomic E-state index is 0.0966. The third-order valence-corrected chi connectivity index (χ3v) is 4.87. The van der Waals surface area contributed by atoms with Crippen LogP contribution in [0.2, 0.25) is 10.0 Å². The summed E-state index contributed by atoms with van der Waals surface area (Å²) < 4.78 is 5.54. The Labute approximate surface area is 180 Å². The minimum Gasteiger partial charge on any atom is -0.484 e. The van der Waals surface area contributed by atoms with Gasteiger partial charge in [-0.1, -0.05) is 35.3 Å². The third-order valence-electron chi connectivity index (χ3n) is 4.23. The molecule has 4 nitrogen and oxygen atoms in total. The molecule has 0 radical (unpaired) electrons. The van der Waals surface area contributed by atoms with E-state index in [1.54, 1.807) is 30.5 Å². The maximum Gasteiger partial charge on any atom is 0.262 e. The van der Waals surface area contributed by atoms with Crippen LogP contribution in [-0.4, -0.2) is 18.7 Å². The Bertz CT molecular complexity index is 1050. The molecule has 3 aromatic rings. The van der Waals surface area contributed by atoms with Gasteiger partial charge in [-0.05, 0) is 79.1 Å². The highest BCUT2D eigenvalue weighted by atomic mass is 35.5. The Hall–Kier alpha value is -2.82. The number of rotatable bonds is 6. The molecular weight excluding hydrogens is 407 g/mol. The molecule has 0 saturated heterocycles. The lowest BCUT2D eigenvalue weighted by Gasteiger charge is -2.09. The van der Waals surface area contributed by atoms with Gasteiger partial charge in [-0.25, -0.2) is 0 Å². The SMILES string of the molecule is Cc1ccc(NC(=O)COc2ccc(C=Nc3cc(Cl)ccc3C)cc2)cc1Cl. The van der Waals surface area contributed by atoms with E-state index in [9.17, 15) is 4.79 Å². The van der Waals surface area contributed by atoms with Gasteiger partial charge in [0, 0.05) is 21.9 Å². The Balaban J connectivity index is 1.54. The fourth-order valence-electron chi connectivity index (χ4n) is 2.53. The second-order valence-corrected chi connectivity index (χ2v) is 7.40. The summed E-state index contributed by atoms with van der Waals surface area (Å²) in [5, 5.41) is 4.02. The Morgan fingerprint density at radius 3 is 2.45 bits per heavy atom. The molecule has 3 aromatic carbocycles. The summed E-state index contributed by atoms with van der Waals surface area (Å²) in [5.74, 6) is 0.338. The third kappa shape index (κ3) is 6.08. The van der Waals surface area contributed by atoms with Crippen molar-refractivity contribution in [1.82, 2.24) is 0 Å². The Morgan fingerprint density at radius 1 is 1.00 bits per heavy atom. The lowest BCUT2D eigenvalue weighted by molar-refractivity contribution is -0.118. The van der Waals surface area contributed by atoms with Crippen molar-refractivity contribution < 1.29 is 9.53 Å². The van der Waals surface area contributed by atoms with Crippen molar-refractivity contribution in [2.75, 3.05) is 11.9 Å². The number of hydrogen-bond acceptors (Lipinski definition) is 3. The van der Waals surface area contributed by atoms with Crippen LogP contribution in [-0.2, 0) is 4.79 Å². The number of hydrogen-bond donors (Lipinski definition) is 1. The van der Waals surface area contributed by atoms with Crippen LogP contribution in [0.15, 0.2) is 65.7 Å². The van der Waals surface area contributed by atoms with Crippen molar-refractivity contribution in [3.63, 3.8) is 0 Å². The van der Waals surface area contributed by atoms with Crippen molar-refractivity contribution in [2.24, 2.45) is 4.99 Å². The van der Waals surface area contributed by atoms with Crippen LogP contribution >= 0.6 is 23.2 Å². The van der Waals surface area contributed by atoms with Gasteiger partial charge < -0.3 is 10.1 Å². The molecule has 0 aliphatic heterocycles. The maximum absolute atomic E-state index is 12.1. The van der Waals surface area contributed by atoms with Crippen molar-refractivity contribution in [3.05, 3.63) is 87.4 Å². The minimum atomic E-state index is -0.257. The molecule has 0 spiro atoms. The molecule has 148 valence electrons. The Kier molecular flexibility index (Phi) is 6.91. The number of halogens is 2. The number of aliphatic imine (C=N–C) groups is 1. The zero-order valence-corrected chi connectivity index (χ0v) is 17.6. The number of nitrogens with one attached hydrogen (secondary N) is 1. The first kappa shape index (κ1) is 20.9. The monoisotopic (exact) mass is 426 g/mol. The summed E-state index contributed by atoms with van der Waals surface area (Å²) in [6, 6.07) is 18.3. The predicted molar refractivity (Wildman–Crippen MR) is 120 cm³/mol. The lowest BCUT2D eigenvalue weighted by atomic mass is 10.2. The standard InChI is InChI=1S/C23H20Cl2N2O2/c1-15-4-8-19(12-21(15)25)27-23(28)14-29-20-9-5-17(6-10-20)13-26-22-11-18(24)7-3-16(22)2/h3-13H,14H2,1-2H3,(H,27,28). The molecule has 0 heterocycles. The predicted octanol–water partition coefficient (Wildman–Crippen LogP) is 6.38. The first-order valence-corrected chi connectivity index (χ1v) is 9.75. The number of ether oxygens (including phenoxy) is 1. The highest BCUT2D eigenvalue weighted by Gasteiger charge is 2.05. The normalized spacial score (nSPS) is 10.9. The second-order valence-electron chi connectivity index (χ2n) is 6.56. The van der Waals surface area contributed by atoms with Crippen LogP contribution in [0.25, 0.3) is 0 Å². The smallest absolute Gasteiger partial charge is 0.262 e. The number of nitrogens with zero attached hydrogens (tertiary/aromatic N) is 1. The highest BCUT2D eigenvalue weighted by molar-refractivity contribution is 6.31. The van der Waals surface area contributed by atoms with E-state index >= 15 is 0 Å². The molecule has 0 unspecified atom stereocenters. The average Bonchev–Trinajstić information content (AvgIpc) is 2.71. The number of aryl methyl sites for hydroxylation is 2. The average molecular weight is 427 g/mol. The summed E-state index contributed by atoms with van der Waals surface area (Å²) in [5.41, 5.74) is 4.37. The number of amides is 1. The van der Waals surface area contributed by atoms with Gasteiger partial charge in [0.25, 0.3) is 5.91 Å². The molecular formula is C23H20Cl2N2O2. The largest absolute Gasteiger partial charge is 0.484 e. The molecule has 0 bridgehead atoms. The van der Waals surface area contributed by atoms with Gasteiger partial charge in [-0.2, -0.15) is 0 Å². The first-order valence-electron chi connectivity index (χ1n) is 9.00. The summed E-state index contributed by atoms with van der Waals surface area (Å²) in [6.45, 7) is 3.79. The molecule has 3 rings (SSSR count). The molecule has 0 saturated carbocycles. The van der Waals surface area contributed by atoms with Gasteiger partial charge in [0.2, 0.25) is 0 Å². The summed E-state index contributed by atoms with van der Waals surface area (Å²) in [4.78, 5) is 16.5. The van der Waals surface area contributed by atoms with Crippen molar-refractivity contribution in [1.29, 1.82) is 0 Å². The maximum atomic E-state index is 12.1. The Morgan fingerprint density at radius 2 is 1.72 bits per heavy atom. The molecule has 0 aliphatic carbocycles. The zero-order valence-electron chi connectivity index (χ0n) is 16.1.